The van der Waals surface area contributed by atoms with Crippen molar-refractivity contribution in [1.82, 2.24) is 19.9 Å². The minimum Gasteiger partial charge on any atom is -0.354 e. The molecule has 6 heteroatoms. The van der Waals surface area contributed by atoms with Crippen molar-refractivity contribution in [3.05, 3.63) is 35.9 Å². The Morgan fingerprint density at radius 2 is 2.00 bits per heavy atom. The standard InChI is InChI=1S/C13H18N6/c1-4-14-12-16-11(17-13(18-12)19(2)3)9-10-7-5-6-8-15-10/h5-8H,4,9H2,1-3H3,(H,14,16,17,18). The first-order valence-electron chi connectivity index (χ1n) is 6.25. The van der Waals surface area contributed by atoms with E-state index in [1.54, 1.807) is 6.20 Å². The highest BCUT2D eigenvalue weighted by Crippen LogP contribution is 2.10. The fraction of sp³-hybridized carbons (Fsp3) is 0.385. The van der Waals surface area contributed by atoms with Crippen molar-refractivity contribution in [2.24, 2.45) is 0 Å². The van der Waals surface area contributed by atoms with Crippen LogP contribution in [0, 0.1) is 0 Å². The Balaban J connectivity index is 2.28. The molecule has 2 heterocycles. The molecule has 0 aromatic carbocycles. The lowest BCUT2D eigenvalue weighted by Crippen LogP contribution is -2.17. The predicted octanol–water partition coefficient (Wildman–Crippen LogP) is 1.36. The summed E-state index contributed by atoms with van der Waals surface area (Å²) in [7, 11) is 3.82. The molecule has 0 saturated carbocycles. The summed E-state index contributed by atoms with van der Waals surface area (Å²) < 4.78 is 0. The van der Waals surface area contributed by atoms with E-state index in [-0.39, 0.29) is 0 Å². The fourth-order valence-electron chi connectivity index (χ4n) is 1.59. The molecule has 2 aromatic rings. The lowest BCUT2D eigenvalue weighted by Gasteiger charge is -2.12. The van der Waals surface area contributed by atoms with Gasteiger partial charge in [-0.25, -0.2) is 0 Å². The van der Waals surface area contributed by atoms with Gasteiger partial charge in [-0.2, -0.15) is 15.0 Å². The van der Waals surface area contributed by atoms with Crippen molar-refractivity contribution in [3.8, 4) is 0 Å². The zero-order valence-electron chi connectivity index (χ0n) is 11.5. The third kappa shape index (κ3) is 3.61. The van der Waals surface area contributed by atoms with Gasteiger partial charge < -0.3 is 10.2 Å². The summed E-state index contributed by atoms with van der Waals surface area (Å²) in [5, 5.41) is 3.12. The number of anilines is 2. The molecule has 2 rings (SSSR count). The summed E-state index contributed by atoms with van der Waals surface area (Å²) in [5.74, 6) is 1.97. The van der Waals surface area contributed by atoms with Crippen LogP contribution < -0.4 is 10.2 Å². The summed E-state index contributed by atoms with van der Waals surface area (Å²) in [6.45, 7) is 2.79. The van der Waals surface area contributed by atoms with Crippen LogP contribution in [0.1, 0.15) is 18.4 Å². The molecule has 0 aliphatic rings. The van der Waals surface area contributed by atoms with Crippen molar-refractivity contribution in [3.63, 3.8) is 0 Å². The molecule has 0 aliphatic carbocycles. The summed E-state index contributed by atoms with van der Waals surface area (Å²) in [6.07, 6.45) is 2.37. The van der Waals surface area contributed by atoms with E-state index in [1.165, 1.54) is 0 Å². The molecule has 0 aliphatic heterocycles. The first-order valence-corrected chi connectivity index (χ1v) is 6.25. The third-order valence-corrected chi connectivity index (χ3v) is 2.47. The van der Waals surface area contributed by atoms with Gasteiger partial charge in [-0.15, -0.1) is 0 Å². The van der Waals surface area contributed by atoms with Crippen LogP contribution in [0.25, 0.3) is 0 Å². The summed E-state index contributed by atoms with van der Waals surface area (Å²) >= 11 is 0. The van der Waals surface area contributed by atoms with Gasteiger partial charge >= 0.3 is 0 Å². The van der Waals surface area contributed by atoms with Crippen LogP contribution in [0.5, 0.6) is 0 Å². The quantitative estimate of drug-likeness (QED) is 0.873. The van der Waals surface area contributed by atoms with E-state index in [0.717, 1.165) is 12.2 Å². The molecule has 0 amide bonds. The lowest BCUT2D eigenvalue weighted by atomic mass is 10.2. The van der Waals surface area contributed by atoms with Gasteiger partial charge in [0, 0.05) is 32.5 Å². The average molecular weight is 258 g/mol. The van der Waals surface area contributed by atoms with E-state index in [2.05, 4.69) is 25.3 Å². The van der Waals surface area contributed by atoms with Gasteiger partial charge in [0.1, 0.15) is 5.82 Å². The summed E-state index contributed by atoms with van der Waals surface area (Å²) in [6, 6.07) is 5.82. The van der Waals surface area contributed by atoms with Crippen molar-refractivity contribution in [2.45, 2.75) is 13.3 Å². The predicted molar refractivity (Wildman–Crippen MR) is 75.4 cm³/mol. The minimum atomic E-state index is 0.600. The maximum Gasteiger partial charge on any atom is 0.229 e. The summed E-state index contributed by atoms with van der Waals surface area (Å²) in [4.78, 5) is 19.3. The number of nitrogens with one attached hydrogen (secondary N) is 1. The van der Waals surface area contributed by atoms with Crippen LogP contribution in [0.2, 0.25) is 0 Å². The van der Waals surface area contributed by atoms with Crippen molar-refractivity contribution in [2.75, 3.05) is 30.9 Å². The number of pyridine rings is 1. The highest BCUT2D eigenvalue weighted by atomic mass is 15.3. The van der Waals surface area contributed by atoms with Gasteiger partial charge in [-0.1, -0.05) is 6.07 Å². The van der Waals surface area contributed by atoms with Gasteiger partial charge in [0.2, 0.25) is 11.9 Å². The molecular formula is C13H18N6. The number of rotatable bonds is 5. The second-order valence-electron chi connectivity index (χ2n) is 4.30. The van der Waals surface area contributed by atoms with Crippen LogP contribution in [-0.2, 0) is 6.42 Å². The lowest BCUT2D eigenvalue weighted by molar-refractivity contribution is 0.868. The molecule has 19 heavy (non-hydrogen) atoms. The normalized spacial score (nSPS) is 10.3. The van der Waals surface area contributed by atoms with Crippen molar-refractivity contribution in [1.29, 1.82) is 0 Å². The first kappa shape index (κ1) is 13.2. The second kappa shape index (κ2) is 6.08. The van der Waals surface area contributed by atoms with E-state index in [9.17, 15) is 0 Å². The molecule has 0 radical (unpaired) electrons. The van der Waals surface area contributed by atoms with Crippen LogP contribution in [0.15, 0.2) is 24.4 Å². The molecule has 2 aromatic heterocycles. The molecule has 100 valence electrons. The number of hydrogen-bond acceptors (Lipinski definition) is 6. The number of hydrogen-bond donors (Lipinski definition) is 1. The van der Waals surface area contributed by atoms with E-state index < -0.39 is 0 Å². The molecular weight excluding hydrogens is 240 g/mol. The van der Waals surface area contributed by atoms with Crippen LogP contribution in [0.4, 0.5) is 11.9 Å². The Labute approximate surface area is 113 Å². The van der Waals surface area contributed by atoms with Crippen LogP contribution in [0.3, 0.4) is 0 Å². The zero-order chi connectivity index (χ0) is 13.7. The third-order valence-electron chi connectivity index (χ3n) is 2.47. The molecule has 0 spiro atoms. The van der Waals surface area contributed by atoms with Crippen LogP contribution >= 0.6 is 0 Å². The smallest absolute Gasteiger partial charge is 0.229 e. The minimum absolute atomic E-state index is 0.600. The maximum absolute atomic E-state index is 4.43. The Kier molecular flexibility index (Phi) is 4.22. The number of nitrogens with zero attached hydrogens (tertiary/aromatic N) is 5. The molecule has 0 fully saturated rings. The van der Waals surface area contributed by atoms with Gasteiger partial charge in [-0.05, 0) is 19.1 Å². The Hall–Kier alpha value is -2.24. The first-order chi connectivity index (χ1) is 9.19. The highest BCUT2D eigenvalue weighted by Gasteiger charge is 2.08. The van der Waals surface area contributed by atoms with E-state index >= 15 is 0 Å². The van der Waals surface area contributed by atoms with Gasteiger partial charge in [0.25, 0.3) is 0 Å². The number of aromatic nitrogens is 4. The fourth-order valence-corrected chi connectivity index (χ4v) is 1.59. The van der Waals surface area contributed by atoms with E-state index in [0.29, 0.717) is 24.1 Å². The average Bonchev–Trinajstić information content (AvgIpc) is 2.40. The zero-order valence-corrected chi connectivity index (χ0v) is 11.5. The van der Waals surface area contributed by atoms with Crippen molar-refractivity contribution < 1.29 is 0 Å². The monoisotopic (exact) mass is 258 g/mol. The van der Waals surface area contributed by atoms with Gasteiger partial charge in [-0.3, -0.25) is 4.98 Å². The molecule has 6 nitrogen and oxygen atoms in total. The molecule has 0 bridgehead atoms. The highest BCUT2D eigenvalue weighted by molar-refractivity contribution is 5.36. The molecule has 0 unspecified atom stereocenters. The largest absolute Gasteiger partial charge is 0.354 e. The second-order valence-corrected chi connectivity index (χ2v) is 4.30. The van der Waals surface area contributed by atoms with Gasteiger partial charge in [0.05, 0.1) is 6.42 Å². The summed E-state index contributed by atoms with van der Waals surface area (Å²) in [5.41, 5.74) is 0.945. The molecule has 0 saturated heterocycles. The molecule has 0 atom stereocenters. The van der Waals surface area contributed by atoms with E-state index in [4.69, 9.17) is 0 Å². The van der Waals surface area contributed by atoms with Crippen molar-refractivity contribution >= 4 is 11.9 Å². The van der Waals surface area contributed by atoms with E-state index in [1.807, 2.05) is 44.1 Å². The Morgan fingerprint density at radius 1 is 1.16 bits per heavy atom. The molecule has 1 N–H and O–H groups in total. The SMILES string of the molecule is CCNc1nc(Cc2ccccn2)nc(N(C)C)n1. The van der Waals surface area contributed by atoms with Crippen LogP contribution in [-0.4, -0.2) is 40.6 Å². The Bertz CT molecular complexity index is 526. The van der Waals surface area contributed by atoms with Gasteiger partial charge in [0.15, 0.2) is 0 Å². The topological polar surface area (TPSA) is 66.8 Å². The maximum atomic E-state index is 4.43. The Morgan fingerprint density at radius 3 is 2.63 bits per heavy atom.